The standard InChI is InChI=1S/C27H42N2O6/c1-16(2)24-14-23(31)18(4)11-17(3)12-19(5)26(33)28-15-25(32)29(6)22(27(34)35-24)13-20-7-9-21(30)10-8-20/h7-10,16-19,22-24,30-31H,11-15H2,1-6H3,(H,28,33)/t17-,18+,19-,22+,23-,24-/m0/s1. The highest BCUT2D eigenvalue weighted by atomic mass is 16.5. The number of phenolic OH excluding ortho intramolecular Hbond substituents is 1. The Morgan fingerprint density at radius 3 is 2.29 bits per heavy atom. The maximum atomic E-state index is 13.4. The molecule has 1 fully saturated rings. The minimum Gasteiger partial charge on any atom is -0.508 e. The van der Waals surface area contributed by atoms with E-state index in [1.54, 1.807) is 12.1 Å². The summed E-state index contributed by atoms with van der Waals surface area (Å²) >= 11 is 0. The number of amides is 2. The molecule has 0 spiro atoms. The quantitative estimate of drug-likeness (QED) is 0.561. The van der Waals surface area contributed by atoms with Gasteiger partial charge in [-0.15, -0.1) is 0 Å². The molecule has 1 saturated heterocycles. The summed E-state index contributed by atoms with van der Waals surface area (Å²) in [5, 5.41) is 23.2. The number of aromatic hydroxyl groups is 1. The lowest BCUT2D eigenvalue weighted by Gasteiger charge is -2.32. The number of rotatable bonds is 3. The number of hydrogen-bond acceptors (Lipinski definition) is 6. The lowest BCUT2D eigenvalue weighted by molar-refractivity contribution is -0.162. The predicted molar refractivity (Wildman–Crippen MR) is 133 cm³/mol. The normalized spacial score (nSPS) is 30.2. The summed E-state index contributed by atoms with van der Waals surface area (Å²) in [6.07, 6.45) is 0.711. The van der Waals surface area contributed by atoms with Crippen molar-refractivity contribution >= 4 is 17.8 Å². The molecule has 0 radical (unpaired) electrons. The van der Waals surface area contributed by atoms with Gasteiger partial charge in [-0.2, -0.15) is 0 Å². The fourth-order valence-corrected chi connectivity index (χ4v) is 4.62. The summed E-state index contributed by atoms with van der Waals surface area (Å²) in [4.78, 5) is 40.2. The largest absolute Gasteiger partial charge is 0.508 e. The first kappa shape index (κ1) is 28.6. The van der Waals surface area contributed by atoms with Gasteiger partial charge in [-0.3, -0.25) is 9.59 Å². The maximum Gasteiger partial charge on any atom is 0.329 e. The molecule has 0 bridgehead atoms. The summed E-state index contributed by atoms with van der Waals surface area (Å²) in [5.41, 5.74) is 0.750. The number of ether oxygens (including phenoxy) is 1. The third-order valence-corrected chi connectivity index (χ3v) is 7.03. The molecule has 1 aromatic rings. The highest BCUT2D eigenvalue weighted by molar-refractivity contribution is 5.89. The van der Waals surface area contributed by atoms with E-state index in [2.05, 4.69) is 12.2 Å². The monoisotopic (exact) mass is 490 g/mol. The van der Waals surface area contributed by atoms with Crippen LogP contribution in [-0.2, 0) is 25.5 Å². The van der Waals surface area contributed by atoms with Gasteiger partial charge in [0.25, 0.3) is 0 Å². The van der Waals surface area contributed by atoms with Gasteiger partial charge in [0.15, 0.2) is 0 Å². The number of nitrogens with one attached hydrogen (secondary N) is 1. The molecule has 0 aliphatic carbocycles. The van der Waals surface area contributed by atoms with E-state index in [9.17, 15) is 24.6 Å². The highest BCUT2D eigenvalue weighted by Crippen LogP contribution is 2.26. The van der Waals surface area contributed by atoms with E-state index in [1.807, 2.05) is 27.7 Å². The van der Waals surface area contributed by atoms with Gasteiger partial charge in [-0.25, -0.2) is 4.79 Å². The molecule has 1 aromatic carbocycles. The van der Waals surface area contributed by atoms with E-state index < -0.39 is 30.1 Å². The van der Waals surface area contributed by atoms with Crippen LogP contribution in [0.3, 0.4) is 0 Å². The Morgan fingerprint density at radius 1 is 1.06 bits per heavy atom. The number of esters is 1. The van der Waals surface area contributed by atoms with Gasteiger partial charge in [0.05, 0.1) is 12.6 Å². The molecule has 1 aliphatic heterocycles. The molecule has 8 heteroatoms. The first-order valence-corrected chi connectivity index (χ1v) is 12.6. The zero-order valence-electron chi connectivity index (χ0n) is 21.9. The summed E-state index contributed by atoms with van der Waals surface area (Å²) in [7, 11) is 1.52. The molecule has 0 saturated carbocycles. The lowest BCUT2D eigenvalue weighted by Crippen LogP contribution is -2.50. The number of aliphatic hydroxyl groups excluding tert-OH is 1. The number of carbonyl (C=O) groups excluding carboxylic acids is 3. The second-order valence-corrected chi connectivity index (χ2v) is 10.6. The fourth-order valence-electron chi connectivity index (χ4n) is 4.62. The third-order valence-electron chi connectivity index (χ3n) is 7.03. The van der Waals surface area contributed by atoms with Gasteiger partial charge < -0.3 is 25.2 Å². The van der Waals surface area contributed by atoms with Crippen LogP contribution in [0.25, 0.3) is 0 Å². The number of aliphatic hydroxyl groups is 1. The van der Waals surface area contributed by atoms with Crippen molar-refractivity contribution in [1.29, 1.82) is 0 Å². The van der Waals surface area contributed by atoms with E-state index in [0.717, 1.165) is 12.0 Å². The zero-order chi connectivity index (χ0) is 26.3. The molecule has 2 rings (SSSR count). The van der Waals surface area contributed by atoms with Crippen LogP contribution in [-0.4, -0.2) is 64.7 Å². The fraction of sp³-hybridized carbons (Fsp3) is 0.667. The second kappa shape index (κ2) is 12.9. The first-order chi connectivity index (χ1) is 16.4. The predicted octanol–water partition coefficient (Wildman–Crippen LogP) is 2.90. The summed E-state index contributed by atoms with van der Waals surface area (Å²) in [6.45, 7) is 9.55. The first-order valence-electron chi connectivity index (χ1n) is 12.6. The molecular formula is C27H42N2O6. The Bertz CT molecular complexity index is 856. The van der Waals surface area contributed by atoms with Crippen molar-refractivity contribution in [2.45, 2.75) is 78.6 Å². The smallest absolute Gasteiger partial charge is 0.329 e. The highest BCUT2D eigenvalue weighted by Gasteiger charge is 2.33. The van der Waals surface area contributed by atoms with Gasteiger partial charge in [-0.05, 0) is 48.3 Å². The van der Waals surface area contributed by atoms with Crippen molar-refractivity contribution in [3.8, 4) is 5.75 Å². The van der Waals surface area contributed by atoms with Crippen LogP contribution in [0.5, 0.6) is 5.75 Å². The van der Waals surface area contributed by atoms with Crippen LogP contribution in [0, 0.1) is 23.7 Å². The third kappa shape index (κ3) is 8.53. The zero-order valence-corrected chi connectivity index (χ0v) is 21.9. The average Bonchev–Trinajstić information content (AvgIpc) is 2.79. The van der Waals surface area contributed by atoms with Crippen molar-refractivity contribution in [2.24, 2.45) is 23.7 Å². The lowest BCUT2D eigenvalue weighted by atomic mass is 9.84. The Hall–Kier alpha value is -2.61. The summed E-state index contributed by atoms with van der Waals surface area (Å²) < 4.78 is 5.89. The number of carbonyl (C=O) groups is 3. The Kier molecular flexibility index (Phi) is 10.6. The van der Waals surface area contributed by atoms with E-state index in [-0.39, 0.29) is 48.3 Å². The van der Waals surface area contributed by atoms with Crippen LogP contribution in [0.4, 0.5) is 0 Å². The molecule has 6 atom stereocenters. The van der Waals surface area contributed by atoms with Gasteiger partial charge in [-0.1, -0.05) is 46.8 Å². The Labute approximate surface area is 209 Å². The molecule has 0 unspecified atom stereocenters. The summed E-state index contributed by atoms with van der Waals surface area (Å²) in [6, 6.07) is 5.50. The minimum atomic E-state index is -0.926. The van der Waals surface area contributed by atoms with E-state index in [1.165, 1.54) is 24.1 Å². The van der Waals surface area contributed by atoms with E-state index in [0.29, 0.717) is 12.8 Å². The molecule has 1 heterocycles. The van der Waals surface area contributed by atoms with Crippen LogP contribution >= 0.6 is 0 Å². The maximum absolute atomic E-state index is 13.4. The van der Waals surface area contributed by atoms with Gasteiger partial charge >= 0.3 is 5.97 Å². The van der Waals surface area contributed by atoms with E-state index >= 15 is 0 Å². The van der Waals surface area contributed by atoms with Crippen LogP contribution in [0.15, 0.2) is 24.3 Å². The van der Waals surface area contributed by atoms with Crippen molar-refractivity contribution in [2.75, 3.05) is 13.6 Å². The van der Waals surface area contributed by atoms with Crippen molar-refractivity contribution in [1.82, 2.24) is 10.2 Å². The van der Waals surface area contributed by atoms with Crippen molar-refractivity contribution in [3.05, 3.63) is 29.8 Å². The molecule has 3 N–H and O–H groups in total. The van der Waals surface area contributed by atoms with Gasteiger partial charge in [0.2, 0.25) is 11.8 Å². The number of benzene rings is 1. The topological polar surface area (TPSA) is 116 Å². The molecule has 8 nitrogen and oxygen atoms in total. The molecular weight excluding hydrogens is 448 g/mol. The SMILES string of the molecule is CC(C)[C@@H]1C[C@H](O)[C@H](C)C[C@H](C)C[C@H](C)C(=O)NCC(=O)N(C)[C@H](Cc2ccc(O)cc2)C(=O)O1. The van der Waals surface area contributed by atoms with Gasteiger partial charge in [0.1, 0.15) is 17.9 Å². The van der Waals surface area contributed by atoms with Crippen LogP contribution < -0.4 is 5.32 Å². The number of phenols is 1. The molecule has 196 valence electrons. The number of cyclic esters (lactones) is 1. The number of hydrogen-bond donors (Lipinski definition) is 3. The summed E-state index contributed by atoms with van der Waals surface area (Å²) in [5.74, 6) is -1.18. The second-order valence-electron chi connectivity index (χ2n) is 10.6. The molecule has 0 aromatic heterocycles. The van der Waals surface area contributed by atoms with E-state index in [4.69, 9.17) is 4.74 Å². The molecule has 35 heavy (non-hydrogen) atoms. The molecule has 2 amide bonds. The minimum absolute atomic E-state index is 0.0215. The average molecular weight is 491 g/mol. The number of likely N-dealkylation sites (N-methyl/N-ethyl adjacent to an activating group) is 1. The van der Waals surface area contributed by atoms with Crippen LogP contribution in [0.2, 0.25) is 0 Å². The number of nitrogens with zero attached hydrogens (tertiary/aromatic N) is 1. The Morgan fingerprint density at radius 2 is 1.69 bits per heavy atom. The van der Waals surface area contributed by atoms with Crippen molar-refractivity contribution in [3.63, 3.8) is 0 Å². The molecule has 1 aliphatic rings. The van der Waals surface area contributed by atoms with Crippen LogP contribution in [0.1, 0.15) is 59.4 Å². The van der Waals surface area contributed by atoms with Gasteiger partial charge in [0, 0.05) is 25.8 Å². The van der Waals surface area contributed by atoms with Crippen molar-refractivity contribution < 1.29 is 29.3 Å². The Balaban J connectivity index is 2.35.